The van der Waals surface area contributed by atoms with Crippen LogP contribution >= 0.6 is 0 Å². The first-order valence-electron chi connectivity index (χ1n) is 9.80. The van der Waals surface area contributed by atoms with E-state index in [0.717, 1.165) is 28.3 Å². The quantitative estimate of drug-likeness (QED) is 0.542. The fraction of sp³-hybridized carbons (Fsp3) is 0.240. The Morgan fingerprint density at radius 1 is 0.828 bits per heavy atom. The Morgan fingerprint density at radius 3 is 2.00 bits per heavy atom. The number of carbonyl (C=O) groups is 1. The smallest absolute Gasteiger partial charge is 0.225 e. The summed E-state index contributed by atoms with van der Waals surface area (Å²) in [6.45, 7) is 4.01. The summed E-state index contributed by atoms with van der Waals surface area (Å²) >= 11 is 0. The maximum absolute atomic E-state index is 12.8. The van der Waals surface area contributed by atoms with Crippen molar-refractivity contribution in [2.75, 3.05) is 12.4 Å². The van der Waals surface area contributed by atoms with E-state index in [2.05, 4.69) is 17.4 Å². The van der Waals surface area contributed by atoms with E-state index in [1.807, 2.05) is 80.6 Å². The minimum atomic E-state index is -0.0393. The molecule has 0 aliphatic rings. The Bertz CT molecular complexity index is 903. The molecule has 0 heterocycles. The molecule has 1 atom stereocenters. The molecule has 150 valence electrons. The molecule has 0 unspecified atom stereocenters. The number of ether oxygens (including phenoxy) is 2. The highest BCUT2D eigenvalue weighted by Crippen LogP contribution is 2.30. The van der Waals surface area contributed by atoms with E-state index < -0.39 is 0 Å². The molecule has 0 aliphatic heterocycles. The van der Waals surface area contributed by atoms with Gasteiger partial charge in [0.1, 0.15) is 11.5 Å². The van der Waals surface area contributed by atoms with E-state index in [1.54, 1.807) is 7.11 Å². The highest BCUT2D eigenvalue weighted by molar-refractivity contribution is 5.91. The van der Waals surface area contributed by atoms with Gasteiger partial charge >= 0.3 is 0 Å². The lowest BCUT2D eigenvalue weighted by molar-refractivity contribution is -0.116. The van der Waals surface area contributed by atoms with Gasteiger partial charge < -0.3 is 14.8 Å². The Balaban J connectivity index is 1.77. The zero-order valence-corrected chi connectivity index (χ0v) is 17.1. The molecule has 1 amide bonds. The zero-order valence-electron chi connectivity index (χ0n) is 17.1. The van der Waals surface area contributed by atoms with Gasteiger partial charge in [0.15, 0.2) is 0 Å². The molecule has 29 heavy (non-hydrogen) atoms. The predicted molar refractivity (Wildman–Crippen MR) is 117 cm³/mol. The molecule has 4 heteroatoms. The summed E-state index contributed by atoms with van der Waals surface area (Å²) in [5.41, 5.74) is 2.94. The Kier molecular flexibility index (Phi) is 6.90. The molecule has 0 aromatic heterocycles. The fourth-order valence-corrected chi connectivity index (χ4v) is 3.24. The number of amides is 1. The van der Waals surface area contributed by atoms with Crippen molar-refractivity contribution >= 4 is 11.6 Å². The minimum Gasteiger partial charge on any atom is -0.497 e. The van der Waals surface area contributed by atoms with Crippen LogP contribution in [0.25, 0.3) is 0 Å². The van der Waals surface area contributed by atoms with E-state index in [1.165, 1.54) is 0 Å². The van der Waals surface area contributed by atoms with Crippen molar-refractivity contribution in [1.29, 1.82) is 0 Å². The van der Waals surface area contributed by atoms with Crippen LogP contribution in [0.3, 0.4) is 0 Å². The standard InChI is InChI=1S/C25H27NO3/c1-18(2)29-23-13-9-20(10-14-23)24(19-7-5-4-6-8-19)17-25(27)26-21-11-15-22(28-3)16-12-21/h4-16,18,24H,17H2,1-3H3,(H,26,27)/t24-/m1/s1. The molecule has 0 aliphatic carbocycles. The molecule has 0 bridgehead atoms. The van der Waals surface area contributed by atoms with Gasteiger partial charge in [-0.05, 0) is 61.4 Å². The van der Waals surface area contributed by atoms with Crippen LogP contribution < -0.4 is 14.8 Å². The summed E-state index contributed by atoms with van der Waals surface area (Å²) in [5, 5.41) is 2.98. The molecule has 0 saturated heterocycles. The lowest BCUT2D eigenvalue weighted by Gasteiger charge is -2.19. The lowest BCUT2D eigenvalue weighted by Crippen LogP contribution is -2.16. The first-order chi connectivity index (χ1) is 14.0. The molecular formula is C25H27NO3. The SMILES string of the molecule is COc1ccc(NC(=O)C[C@H](c2ccccc2)c2ccc(OC(C)C)cc2)cc1. The van der Waals surface area contributed by atoms with Crippen molar-refractivity contribution in [3.8, 4) is 11.5 Å². The van der Waals surface area contributed by atoms with E-state index in [4.69, 9.17) is 9.47 Å². The van der Waals surface area contributed by atoms with Crippen molar-refractivity contribution in [2.45, 2.75) is 32.3 Å². The number of nitrogens with one attached hydrogen (secondary N) is 1. The summed E-state index contributed by atoms with van der Waals surface area (Å²) in [7, 11) is 1.62. The van der Waals surface area contributed by atoms with Gasteiger partial charge in [0, 0.05) is 18.0 Å². The van der Waals surface area contributed by atoms with Crippen LogP contribution in [0.5, 0.6) is 11.5 Å². The van der Waals surface area contributed by atoms with E-state index in [0.29, 0.717) is 6.42 Å². The third-order valence-corrected chi connectivity index (χ3v) is 4.62. The number of anilines is 1. The average Bonchev–Trinajstić information content (AvgIpc) is 2.73. The van der Waals surface area contributed by atoms with Crippen molar-refractivity contribution in [2.24, 2.45) is 0 Å². The summed E-state index contributed by atoms with van der Waals surface area (Å²) in [6, 6.07) is 25.4. The van der Waals surface area contributed by atoms with Gasteiger partial charge in [-0.25, -0.2) is 0 Å². The molecule has 3 aromatic carbocycles. The second kappa shape index (κ2) is 9.78. The van der Waals surface area contributed by atoms with Crippen molar-refractivity contribution < 1.29 is 14.3 Å². The van der Waals surface area contributed by atoms with Crippen molar-refractivity contribution in [3.05, 3.63) is 90.0 Å². The number of rotatable bonds is 8. The van der Waals surface area contributed by atoms with Gasteiger partial charge in [-0.1, -0.05) is 42.5 Å². The van der Waals surface area contributed by atoms with Crippen molar-refractivity contribution in [1.82, 2.24) is 0 Å². The summed E-state index contributed by atoms with van der Waals surface area (Å²) < 4.78 is 10.9. The molecular weight excluding hydrogens is 362 g/mol. The maximum atomic E-state index is 12.8. The molecule has 0 saturated carbocycles. The van der Waals surface area contributed by atoms with Crippen LogP contribution in [0.2, 0.25) is 0 Å². The van der Waals surface area contributed by atoms with Crippen LogP contribution in [-0.2, 0) is 4.79 Å². The average molecular weight is 389 g/mol. The first-order valence-corrected chi connectivity index (χ1v) is 9.80. The summed E-state index contributed by atoms with van der Waals surface area (Å²) in [5.74, 6) is 1.51. The topological polar surface area (TPSA) is 47.6 Å². The second-order valence-corrected chi connectivity index (χ2v) is 7.18. The van der Waals surface area contributed by atoms with Crippen LogP contribution in [0.4, 0.5) is 5.69 Å². The van der Waals surface area contributed by atoms with Crippen LogP contribution in [0.1, 0.15) is 37.3 Å². The van der Waals surface area contributed by atoms with Gasteiger partial charge in [0.05, 0.1) is 13.2 Å². The predicted octanol–water partition coefficient (Wildman–Crippen LogP) is 5.64. The van der Waals surface area contributed by atoms with Crippen LogP contribution in [0.15, 0.2) is 78.9 Å². The molecule has 3 aromatic rings. The number of benzene rings is 3. The number of hydrogen-bond donors (Lipinski definition) is 1. The summed E-state index contributed by atoms with van der Waals surface area (Å²) in [6.07, 6.45) is 0.474. The van der Waals surface area contributed by atoms with Crippen LogP contribution in [-0.4, -0.2) is 19.1 Å². The first kappa shape index (κ1) is 20.5. The number of methoxy groups -OCH3 is 1. The zero-order chi connectivity index (χ0) is 20.6. The molecule has 3 rings (SSSR count). The van der Waals surface area contributed by atoms with Gasteiger partial charge in [0.2, 0.25) is 5.91 Å². The highest BCUT2D eigenvalue weighted by Gasteiger charge is 2.18. The Morgan fingerprint density at radius 2 is 1.41 bits per heavy atom. The minimum absolute atomic E-state index is 0.0356. The van der Waals surface area contributed by atoms with E-state index in [9.17, 15) is 4.79 Å². The molecule has 0 radical (unpaired) electrons. The number of hydrogen-bond acceptors (Lipinski definition) is 3. The molecule has 0 fully saturated rings. The van der Waals surface area contributed by atoms with Gasteiger partial charge in [-0.2, -0.15) is 0 Å². The lowest BCUT2D eigenvalue weighted by atomic mass is 9.88. The maximum Gasteiger partial charge on any atom is 0.225 e. The largest absolute Gasteiger partial charge is 0.497 e. The van der Waals surface area contributed by atoms with Gasteiger partial charge in [-0.15, -0.1) is 0 Å². The molecule has 1 N–H and O–H groups in total. The van der Waals surface area contributed by atoms with Gasteiger partial charge in [0.25, 0.3) is 0 Å². The Hall–Kier alpha value is -3.27. The van der Waals surface area contributed by atoms with Crippen LogP contribution in [0, 0.1) is 0 Å². The van der Waals surface area contributed by atoms with E-state index in [-0.39, 0.29) is 17.9 Å². The third kappa shape index (κ3) is 5.85. The third-order valence-electron chi connectivity index (χ3n) is 4.62. The van der Waals surface area contributed by atoms with Crippen molar-refractivity contribution in [3.63, 3.8) is 0 Å². The fourth-order valence-electron chi connectivity index (χ4n) is 3.24. The van der Waals surface area contributed by atoms with E-state index >= 15 is 0 Å². The molecule has 4 nitrogen and oxygen atoms in total. The highest BCUT2D eigenvalue weighted by atomic mass is 16.5. The Labute approximate surface area is 172 Å². The second-order valence-electron chi connectivity index (χ2n) is 7.18. The number of carbonyl (C=O) groups excluding carboxylic acids is 1. The normalized spacial score (nSPS) is 11.7. The van der Waals surface area contributed by atoms with Gasteiger partial charge in [-0.3, -0.25) is 4.79 Å². The summed E-state index contributed by atoms with van der Waals surface area (Å²) in [4.78, 5) is 12.8. The monoisotopic (exact) mass is 389 g/mol. The molecule has 0 spiro atoms.